The van der Waals surface area contributed by atoms with Gasteiger partial charge in [-0.25, -0.2) is 4.79 Å². The first-order chi connectivity index (χ1) is 18.4. The molecule has 3 aromatic carbocycles. The number of benzene rings is 3. The number of carboxylic acid groups (broad SMARTS) is 1. The van der Waals surface area contributed by atoms with Gasteiger partial charge >= 0.3 is 16.1 Å². The lowest BCUT2D eigenvalue weighted by Crippen LogP contribution is -2.15. The molecular weight excluding hydrogens is 520 g/mol. The fourth-order valence-corrected chi connectivity index (χ4v) is 5.50. The normalized spacial score (nSPS) is 11.9. The Labute approximate surface area is 227 Å². The third-order valence-corrected chi connectivity index (χ3v) is 7.77. The van der Waals surface area contributed by atoms with Crippen molar-refractivity contribution in [1.82, 2.24) is 0 Å². The zero-order valence-corrected chi connectivity index (χ0v) is 23.1. The number of aromatic hydroxyl groups is 1. The third-order valence-electron chi connectivity index (χ3n) is 6.55. The van der Waals surface area contributed by atoms with E-state index in [0.717, 1.165) is 18.2 Å². The first-order valence-electron chi connectivity index (χ1n) is 12.6. The molecule has 1 aromatic heterocycles. The van der Waals surface area contributed by atoms with E-state index in [1.807, 2.05) is 58.9 Å². The minimum Gasteiger partial charge on any atom is -0.507 e. The number of hydrogen-bond acceptors (Lipinski definition) is 7. The second kappa shape index (κ2) is 10.6. The van der Waals surface area contributed by atoms with Gasteiger partial charge in [-0.05, 0) is 53.3 Å². The summed E-state index contributed by atoms with van der Waals surface area (Å²) in [5.74, 6) is -2.06. The third kappa shape index (κ3) is 5.27. The van der Waals surface area contributed by atoms with Gasteiger partial charge in [0, 0.05) is 23.4 Å². The SMILES string of the molecule is CCc1oc2ccccc2c1C(=O)c1cc(C(C)C)c(OS(=O)(=O)c2ccc(C(=O)O)c(O)c2)c(C(C)C)c1. The largest absolute Gasteiger partial charge is 0.507 e. The molecule has 9 heteroatoms. The minimum absolute atomic E-state index is 0.103. The van der Waals surface area contributed by atoms with E-state index in [9.17, 15) is 23.1 Å². The molecule has 2 N–H and O–H groups in total. The monoisotopic (exact) mass is 550 g/mol. The van der Waals surface area contributed by atoms with Crippen LogP contribution in [0.15, 0.2) is 63.9 Å². The predicted octanol–water partition coefficient (Wildman–Crippen LogP) is 6.64. The van der Waals surface area contributed by atoms with Crippen molar-refractivity contribution in [3.63, 3.8) is 0 Å². The standard InChI is InChI=1S/C30H30O8S/c1-6-25-27(21-9-7-8-10-26(21)37-25)28(32)18-13-22(16(2)3)29(23(14-18)17(4)5)38-39(35,36)19-11-12-20(30(33)34)24(31)15-19/h7-17,31H,6H2,1-5H3,(H,33,34). The number of rotatable bonds is 9. The topological polar surface area (TPSA) is 131 Å². The highest BCUT2D eigenvalue weighted by molar-refractivity contribution is 7.87. The van der Waals surface area contributed by atoms with Crippen LogP contribution in [0.3, 0.4) is 0 Å². The number of aryl methyl sites for hydroxylation is 1. The van der Waals surface area contributed by atoms with Crippen LogP contribution in [0.2, 0.25) is 0 Å². The van der Waals surface area contributed by atoms with Gasteiger partial charge in [0.15, 0.2) is 5.78 Å². The van der Waals surface area contributed by atoms with E-state index in [1.165, 1.54) is 0 Å². The first-order valence-corrected chi connectivity index (χ1v) is 14.0. The lowest BCUT2D eigenvalue weighted by atomic mass is 9.88. The van der Waals surface area contributed by atoms with Gasteiger partial charge in [-0.15, -0.1) is 0 Å². The fraction of sp³-hybridized carbons (Fsp3) is 0.267. The smallest absolute Gasteiger partial charge is 0.339 e. The molecular formula is C30H30O8S. The van der Waals surface area contributed by atoms with E-state index < -0.39 is 32.3 Å². The zero-order valence-electron chi connectivity index (χ0n) is 22.3. The van der Waals surface area contributed by atoms with Crippen molar-refractivity contribution in [2.45, 2.75) is 57.8 Å². The fourth-order valence-electron chi connectivity index (χ4n) is 4.50. The summed E-state index contributed by atoms with van der Waals surface area (Å²) >= 11 is 0. The Morgan fingerprint density at radius 2 is 1.56 bits per heavy atom. The first kappa shape index (κ1) is 27.9. The van der Waals surface area contributed by atoms with Crippen molar-refractivity contribution < 1.29 is 36.8 Å². The summed E-state index contributed by atoms with van der Waals surface area (Å²) in [4.78, 5) is 24.7. The van der Waals surface area contributed by atoms with Crippen LogP contribution >= 0.6 is 0 Å². The Morgan fingerprint density at radius 1 is 0.949 bits per heavy atom. The molecule has 1 heterocycles. The molecule has 4 rings (SSSR count). The van der Waals surface area contributed by atoms with Gasteiger partial charge in [-0.2, -0.15) is 8.42 Å². The second-order valence-corrected chi connectivity index (χ2v) is 11.4. The van der Waals surface area contributed by atoms with Crippen LogP contribution in [0.25, 0.3) is 11.0 Å². The second-order valence-electron chi connectivity index (χ2n) is 9.89. The number of aromatic carboxylic acids is 1. The molecule has 0 amide bonds. The molecule has 0 atom stereocenters. The van der Waals surface area contributed by atoms with E-state index in [1.54, 1.807) is 12.1 Å². The average Bonchev–Trinajstić information content (AvgIpc) is 3.26. The molecule has 4 aromatic rings. The number of hydrogen-bond donors (Lipinski definition) is 2. The number of fused-ring (bicyclic) bond motifs is 1. The molecule has 0 bridgehead atoms. The number of para-hydroxylation sites is 1. The number of carboxylic acids is 1. The van der Waals surface area contributed by atoms with Gasteiger partial charge in [-0.3, -0.25) is 4.79 Å². The average molecular weight is 551 g/mol. The molecule has 0 aliphatic carbocycles. The van der Waals surface area contributed by atoms with Gasteiger partial charge in [-0.1, -0.05) is 52.8 Å². The Bertz CT molecular complexity index is 1660. The van der Waals surface area contributed by atoms with Crippen molar-refractivity contribution in [3.05, 3.63) is 88.2 Å². The van der Waals surface area contributed by atoms with Gasteiger partial charge in [0.25, 0.3) is 0 Å². The van der Waals surface area contributed by atoms with Crippen LogP contribution < -0.4 is 4.18 Å². The molecule has 8 nitrogen and oxygen atoms in total. The summed E-state index contributed by atoms with van der Waals surface area (Å²) in [5, 5.41) is 19.9. The lowest BCUT2D eigenvalue weighted by molar-refractivity contribution is 0.0693. The van der Waals surface area contributed by atoms with Gasteiger partial charge in [0.1, 0.15) is 33.3 Å². The number of carbonyl (C=O) groups is 2. The Balaban J connectivity index is 1.85. The number of carbonyl (C=O) groups excluding carboxylic acids is 1. The van der Waals surface area contributed by atoms with Crippen LogP contribution in [0.4, 0.5) is 0 Å². The van der Waals surface area contributed by atoms with Crippen LogP contribution in [0.1, 0.15) is 89.6 Å². The Kier molecular flexibility index (Phi) is 7.57. The lowest BCUT2D eigenvalue weighted by Gasteiger charge is -2.21. The maximum atomic E-state index is 13.9. The van der Waals surface area contributed by atoms with Gasteiger partial charge in [0.05, 0.1) is 5.56 Å². The number of furan rings is 1. The molecule has 0 aliphatic heterocycles. The van der Waals surface area contributed by atoms with Crippen molar-refractivity contribution in [3.8, 4) is 11.5 Å². The highest BCUT2D eigenvalue weighted by atomic mass is 32.2. The summed E-state index contributed by atoms with van der Waals surface area (Å²) < 4.78 is 38.1. The van der Waals surface area contributed by atoms with E-state index >= 15 is 0 Å². The zero-order chi connectivity index (χ0) is 28.6. The summed E-state index contributed by atoms with van der Waals surface area (Å²) in [7, 11) is -4.46. The van der Waals surface area contributed by atoms with Gasteiger partial charge in [0.2, 0.25) is 0 Å². The van der Waals surface area contributed by atoms with E-state index in [2.05, 4.69) is 0 Å². The molecule has 204 valence electrons. The number of phenols is 1. The Hall–Kier alpha value is -4.11. The van der Waals surface area contributed by atoms with Crippen LogP contribution in [-0.4, -0.2) is 30.4 Å². The van der Waals surface area contributed by atoms with Crippen molar-refractivity contribution in [2.75, 3.05) is 0 Å². The van der Waals surface area contributed by atoms with Crippen LogP contribution in [-0.2, 0) is 16.5 Å². The molecule has 39 heavy (non-hydrogen) atoms. The van der Waals surface area contributed by atoms with Crippen molar-refractivity contribution in [2.24, 2.45) is 0 Å². The summed E-state index contributed by atoms with van der Waals surface area (Å²) in [6, 6.07) is 13.5. The maximum Gasteiger partial charge on any atom is 0.339 e. The molecule has 0 saturated carbocycles. The summed E-state index contributed by atoms with van der Waals surface area (Å²) in [5.41, 5.74) is 2.09. The van der Waals surface area contributed by atoms with Crippen LogP contribution in [0, 0.1) is 0 Å². The van der Waals surface area contributed by atoms with E-state index in [0.29, 0.717) is 45.4 Å². The molecule has 0 unspecified atom stereocenters. The summed E-state index contributed by atoms with van der Waals surface area (Å²) in [6.45, 7) is 9.38. The quantitative estimate of drug-likeness (QED) is 0.175. The van der Waals surface area contributed by atoms with Gasteiger partial charge < -0.3 is 18.8 Å². The van der Waals surface area contributed by atoms with E-state index in [4.69, 9.17) is 13.7 Å². The highest BCUT2D eigenvalue weighted by Gasteiger charge is 2.28. The molecule has 0 aliphatic rings. The summed E-state index contributed by atoms with van der Waals surface area (Å²) in [6.07, 6.45) is 0.525. The molecule has 0 saturated heterocycles. The maximum absolute atomic E-state index is 13.9. The van der Waals surface area contributed by atoms with Crippen LogP contribution in [0.5, 0.6) is 11.5 Å². The number of ketones is 1. The predicted molar refractivity (Wildman–Crippen MR) is 147 cm³/mol. The van der Waals surface area contributed by atoms with Crippen molar-refractivity contribution in [1.29, 1.82) is 0 Å². The molecule has 0 spiro atoms. The molecule has 0 radical (unpaired) electrons. The minimum atomic E-state index is -4.46. The highest BCUT2D eigenvalue weighted by Crippen LogP contribution is 2.39. The Morgan fingerprint density at radius 3 is 2.10 bits per heavy atom. The molecule has 0 fully saturated rings. The van der Waals surface area contributed by atoms with Crippen molar-refractivity contribution >= 4 is 32.8 Å². The van der Waals surface area contributed by atoms with E-state index in [-0.39, 0.29) is 23.4 Å².